The van der Waals surface area contributed by atoms with Crippen molar-refractivity contribution in [1.29, 1.82) is 0 Å². The lowest BCUT2D eigenvalue weighted by atomic mass is 9.86. The van der Waals surface area contributed by atoms with E-state index in [1.165, 1.54) is 17.0 Å². The van der Waals surface area contributed by atoms with Crippen LogP contribution < -0.4 is 9.62 Å². The highest BCUT2D eigenvalue weighted by molar-refractivity contribution is 7.89. The van der Waals surface area contributed by atoms with Gasteiger partial charge in [-0.25, -0.2) is 8.42 Å². The molecule has 132 valence electrons. The van der Waals surface area contributed by atoms with E-state index in [2.05, 4.69) is 4.72 Å². The third kappa shape index (κ3) is 2.91. The number of anilines is 1. The quantitative estimate of drug-likeness (QED) is 0.830. The Morgan fingerprint density at radius 3 is 2.38 bits per heavy atom. The van der Waals surface area contributed by atoms with E-state index in [0.717, 1.165) is 0 Å². The molecule has 1 unspecified atom stereocenters. The Morgan fingerprint density at radius 2 is 1.88 bits per heavy atom. The third-order valence-corrected chi connectivity index (χ3v) is 5.81. The van der Waals surface area contributed by atoms with E-state index in [1.807, 2.05) is 0 Å². The average Bonchev–Trinajstić information content (AvgIpc) is 2.65. The zero-order valence-electron chi connectivity index (χ0n) is 14.3. The molecule has 0 fully saturated rings. The summed E-state index contributed by atoms with van der Waals surface area (Å²) in [7, 11) is -2.38. The maximum atomic E-state index is 12.6. The number of amides is 1. The number of nitrogens with one attached hydrogen (secondary N) is 1. The number of aliphatic carboxylic acids is 1. The monoisotopic (exact) mass is 354 g/mol. The fourth-order valence-corrected chi connectivity index (χ4v) is 4.19. The lowest BCUT2D eigenvalue weighted by molar-refractivity contribution is -0.140. The molecule has 0 saturated heterocycles. The van der Waals surface area contributed by atoms with Crippen LogP contribution in [0.5, 0.6) is 0 Å². The van der Waals surface area contributed by atoms with Gasteiger partial charge in [-0.05, 0) is 43.5 Å². The van der Waals surface area contributed by atoms with Crippen LogP contribution in [-0.2, 0) is 25.0 Å². The zero-order chi connectivity index (χ0) is 18.4. The predicted octanol–water partition coefficient (Wildman–Crippen LogP) is 1.33. The van der Waals surface area contributed by atoms with Crippen molar-refractivity contribution in [2.75, 3.05) is 11.9 Å². The van der Waals surface area contributed by atoms with Gasteiger partial charge in [-0.1, -0.05) is 13.8 Å². The molecule has 2 N–H and O–H groups in total. The predicted molar refractivity (Wildman–Crippen MR) is 89.5 cm³/mol. The van der Waals surface area contributed by atoms with Crippen LogP contribution in [0.15, 0.2) is 23.1 Å². The van der Waals surface area contributed by atoms with Crippen molar-refractivity contribution in [3.05, 3.63) is 23.8 Å². The van der Waals surface area contributed by atoms with Gasteiger partial charge >= 0.3 is 5.97 Å². The van der Waals surface area contributed by atoms with Crippen LogP contribution in [0.3, 0.4) is 0 Å². The minimum atomic E-state index is -4.02. The molecule has 0 radical (unpaired) electrons. The fraction of sp³-hybridized carbons (Fsp3) is 0.500. The van der Waals surface area contributed by atoms with Crippen LogP contribution in [0.2, 0.25) is 0 Å². The number of hydrogen-bond acceptors (Lipinski definition) is 4. The van der Waals surface area contributed by atoms with E-state index in [1.54, 1.807) is 40.8 Å². The molecule has 0 spiro atoms. The Hall–Kier alpha value is -1.93. The Labute approximate surface area is 141 Å². The Bertz CT molecular complexity index is 799. The van der Waals surface area contributed by atoms with E-state index < -0.39 is 33.4 Å². The van der Waals surface area contributed by atoms with E-state index in [0.29, 0.717) is 11.3 Å². The molecule has 0 aliphatic carbocycles. The molecule has 1 heterocycles. The molecule has 0 bridgehead atoms. The molecule has 1 aliphatic rings. The normalized spacial score (nSPS) is 17.9. The van der Waals surface area contributed by atoms with Crippen molar-refractivity contribution in [2.45, 2.75) is 44.0 Å². The first-order valence-electron chi connectivity index (χ1n) is 7.57. The van der Waals surface area contributed by atoms with Crippen LogP contribution in [0, 0.1) is 5.92 Å². The second-order valence-corrected chi connectivity index (χ2v) is 8.56. The summed E-state index contributed by atoms with van der Waals surface area (Å²) in [6.07, 6.45) is 0. The van der Waals surface area contributed by atoms with Crippen molar-refractivity contribution in [3.8, 4) is 0 Å². The number of carbonyl (C=O) groups is 2. The molecule has 24 heavy (non-hydrogen) atoms. The standard InChI is InChI=1S/C16H22N2O5S/c1-9(2)13(14(19)20)17-24(22,23)10-6-7-12-11(8-10)16(3,4)15(21)18(12)5/h6-9,13,17H,1-5H3,(H,19,20). The van der Waals surface area contributed by atoms with Gasteiger partial charge < -0.3 is 10.0 Å². The van der Waals surface area contributed by atoms with Crippen LogP contribution in [-0.4, -0.2) is 38.5 Å². The van der Waals surface area contributed by atoms with Gasteiger partial charge in [0, 0.05) is 12.7 Å². The van der Waals surface area contributed by atoms with Crippen molar-refractivity contribution >= 4 is 27.6 Å². The summed E-state index contributed by atoms with van der Waals surface area (Å²) in [5, 5.41) is 9.18. The average molecular weight is 354 g/mol. The fourth-order valence-electron chi connectivity index (χ4n) is 2.83. The first-order valence-corrected chi connectivity index (χ1v) is 9.05. The molecular formula is C16H22N2O5S. The molecule has 1 atom stereocenters. The van der Waals surface area contributed by atoms with Crippen molar-refractivity contribution in [2.24, 2.45) is 5.92 Å². The van der Waals surface area contributed by atoms with Gasteiger partial charge in [0.15, 0.2) is 0 Å². The summed E-state index contributed by atoms with van der Waals surface area (Å²) in [6.45, 7) is 6.72. The SMILES string of the molecule is CC(C)C(NS(=O)(=O)c1ccc2c(c1)C(C)(C)C(=O)N2C)C(=O)O. The summed E-state index contributed by atoms with van der Waals surface area (Å²) < 4.78 is 27.3. The Kier molecular flexibility index (Phi) is 4.49. The summed E-state index contributed by atoms with van der Waals surface area (Å²) >= 11 is 0. The molecular weight excluding hydrogens is 332 g/mol. The van der Waals surface area contributed by atoms with Gasteiger partial charge in [0.25, 0.3) is 0 Å². The first kappa shape index (κ1) is 18.4. The lowest BCUT2D eigenvalue weighted by Crippen LogP contribution is -2.44. The smallest absolute Gasteiger partial charge is 0.322 e. The largest absolute Gasteiger partial charge is 0.480 e. The van der Waals surface area contributed by atoms with Gasteiger partial charge in [0.05, 0.1) is 10.3 Å². The number of sulfonamides is 1. The van der Waals surface area contributed by atoms with E-state index in [-0.39, 0.29) is 10.8 Å². The highest BCUT2D eigenvalue weighted by Gasteiger charge is 2.43. The van der Waals surface area contributed by atoms with E-state index >= 15 is 0 Å². The number of hydrogen-bond donors (Lipinski definition) is 2. The maximum Gasteiger partial charge on any atom is 0.322 e. The van der Waals surface area contributed by atoms with E-state index in [9.17, 15) is 23.1 Å². The van der Waals surface area contributed by atoms with Crippen molar-refractivity contribution in [1.82, 2.24) is 4.72 Å². The number of nitrogens with zero attached hydrogens (tertiary/aromatic N) is 1. The lowest BCUT2D eigenvalue weighted by Gasteiger charge is -2.19. The van der Waals surface area contributed by atoms with Gasteiger partial charge in [0.1, 0.15) is 6.04 Å². The molecule has 1 aliphatic heterocycles. The van der Waals surface area contributed by atoms with Gasteiger partial charge in [-0.2, -0.15) is 4.72 Å². The molecule has 1 amide bonds. The first-order chi connectivity index (χ1) is 10.9. The van der Waals surface area contributed by atoms with Crippen LogP contribution in [0.1, 0.15) is 33.3 Å². The number of likely N-dealkylation sites (N-methyl/N-ethyl adjacent to an activating group) is 1. The van der Waals surface area contributed by atoms with Crippen LogP contribution in [0.4, 0.5) is 5.69 Å². The molecule has 1 aromatic carbocycles. The molecule has 8 heteroatoms. The number of fused-ring (bicyclic) bond motifs is 1. The van der Waals surface area contributed by atoms with Gasteiger partial charge in [0.2, 0.25) is 15.9 Å². The minimum absolute atomic E-state index is 0.0516. The molecule has 0 aromatic heterocycles. The van der Waals surface area contributed by atoms with Crippen LogP contribution in [0.25, 0.3) is 0 Å². The number of carboxylic acids is 1. The molecule has 1 aromatic rings. The minimum Gasteiger partial charge on any atom is -0.480 e. The number of benzene rings is 1. The van der Waals surface area contributed by atoms with Gasteiger partial charge in [-0.3, -0.25) is 9.59 Å². The highest BCUT2D eigenvalue weighted by Crippen LogP contribution is 2.41. The Balaban J connectivity index is 2.46. The number of carbonyl (C=O) groups excluding carboxylic acids is 1. The molecule has 0 saturated carbocycles. The topological polar surface area (TPSA) is 104 Å². The number of carboxylic acid groups (broad SMARTS) is 1. The Morgan fingerprint density at radius 1 is 1.29 bits per heavy atom. The summed E-state index contributed by atoms with van der Waals surface area (Å²) in [5.74, 6) is -1.76. The molecule has 2 rings (SSSR count). The maximum absolute atomic E-state index is 12.6. The van der Waals surface area contributed by atoms with Crippen molar-refractivity contribution in [3.63, 3.8) is 0 Å². The molecule has 7 nitrogen and oxygen atoms in total. The second kappa shape index (κ2) is 5.86. The zero-order valence-corrected chi connectivity index (χ0v) is 15.1. The summed E-state index contributed by atoms with van der Waals surface area (Å²) in [4.78, 5) is 25.0. The van der Waals surface area contributed by atoms with E-state index in [4.69, 9.17) is 0 Å². The number of rotatable bonds is 5. The summed E-state index contributed by atoms with van der Waals surface area (Å²) in [6, 6.07) is 3.17. The second-order valence-electron chi connectivity index (χ2n) is 6.85. The van der Waals surface area contributed by atoms with Crippen molar-refractivity contribution < 1.29 is 23.1 Å². The van der Waals surface area contributed by atoms with Gasteiger partial charge in [-0.15, -0.1) is 0 Å². The highest BCUT2D eigenvalue weighted by atomic mass is 32.2. The van der Waals surface area contributed by atoms with Crippen LogP contribution >= 0.6 is 0 Å². The summed E-state index contributed by atoms with van der Waals surface area (Å²) in [5.41, 5.74) is 0.428. The third-order valence-electron chi connectivity index (χ3n) is 4.37.